The van der Waals surface area contributed by atoms with Gasteiger partial charge in [-0.2, -0.15) is 0 Å². The molecule has 0 unspecified atom stereocenters. The Morgan fingerprint density at radius 3 is 2.88 bits per heavy atom. The number of halogens is 2. The molecule has 2 heterocycles. The summed E-state index contributed by atoms with van der Waals surface area (Å²) in [6, 6.07) is 8.42. The van der Waals surface area contributed by atoms with Crippen molar-refractivity contribution in [1.82, 2.24) is 15.2 Å². The van der Waals surface area contributed by atoms with Gasteiger partial charge in [-0.15, -0.1) is 0 Å². The standard InChI is InChI=1S/C25H33F2N3O2S/c1-17-3-2-4-19(13-17)14-24(31)28-20-7-5-18(6-8-20)9-11-30-12-10-22-21(15-30)29-25(33-22)32-16-23(26)27/h2-4,13,18,20,23H,5-12,14-16H2,1H3,(H,28,31)/t18-,20-. The average Bonchev–Trinajstić information content (AvgIpc) is 3.19. The monoisotopic (exact) mass is 477 g/mol. The maximum atomic E-state index is 12.4. The first-order valence-corrected chi connectivity index (χ1v) is 12.7. The highest BCUT2D eigenvalue weighted by molar-refractivity contribution is 7.13. The Labute approximate surface area is 198 Å². The molecule has 8 heteroatoms. The summed E-state index contributed by atoms with van der Waals surface area (Å²) in [5.41, 5.74) is 3.23. The van der Waals surface area contributed by atoms with Gasteiger partial charge in [0, 0.05) is 24.0 Å². The van der Waals surface area contributed by atoms with Crippen LogP contribution in [-0.4, -0.2) is 48.0 Å². The first-order chi connectivity index (χ1) is 15.9. The second-order valence-corrected chi connectivity index (χ2v) is 10.4. The van der Waals surface area contributed by atoms with Crippen molar-refractivity contribution in [2.24, 2.45) is 5.92 Å². The molecule has 1 aromatic carbocycles. The SMILES string of the molecule is Cc1cccc(CC(=O)N[C@H]2CC[C@H](CCN3CCc4sc(OCC(F)F)nc4C3)CC2)c1. The average molecular weight is 478 g/mol. The molecule has 1 fully saturated rings. The molecule has 1 N–H and O–H groups in total. The molecule has 0 atom stereocenters. The van der Waals surface area contributed by atoms with Crippen LogP contribution in [0.2, 0.25) is 0 Å². The van der Waals surface area contributed by atoms with Crippen LogP contribution in [0.25, 0.3) is 0 Å². The first-order valence-electron chi connectivity index (χ1n) is 11.9. The van der Waals surface area contributed by atoms with Crippen molar-refractivity contribution in [3.8, 4) is 5.19 Å². The number of aryl methyl sites for hydroxylation is 1. The van der Waals surface area contributed by atoms with Gasteiger partial charge in [-0.05, 0) is 63.5 Å². The molecule has 0 bridgehead atoms. The summed E-state index contributed by atoms with van der Waals surface area (Å²) in [5.74, 6) is 0.810. The Balaban J connectivity index is 1.15. The number of hydrogen-bond acceptors (Lipinski definition) is 5. The van der Waals surface area contributed by atoms with E-state index in [1.54, 1.807) is 0 Å². The predicted octanol–water partition coefficient (Wildman–Crippen LogP) is 4.76. The van der Waals surface area contributed by atoms with Crippen molar-refractivity contribution in [3.63, 3.8) is 0 Å². The third-order valence-corrected chi connectivity index (χ3v) is 7.70. The number of alkyl halides is 2. The fraction of sp³-hybridized carbons (Fsp3) is 0.600. The molecule has 0 spiro atoms. The van der Waals surface area contributed by atoms with Crippen LogP contribution >= 0.6 is 11.3 Å². The maximum Gasteiger partial charge on any atom is 0.273 e. The second kappa shape index (κ2) is 11.4. The summed E-state index contributed by atoms with van der Waals surface area (Å²) in [7, 11) is 0. The highest BCUT2D eigenvalue weighted by Crippen LogP contribution is 2.31. The Bertz CT molecular complexity index is 928. The summed E-state index contributed by atoms with van der Waals surface area (Å²) in [4.78, 5) is 20.4. The minimum Gasteiger partial charge on any atom is -0.464 e. The smallest absolute Gasteiger partial charge is 0.273 e. The molecule has 1 amide bonds. The lowest BCUT2D eigenvalue weighted by molar-refractivity contribution is -0.121. The number of ether oxygens (including phenoxy) is 1. The van der Waals surface area contributed by atoms with E-state index in [9.17, 15) is 13.6 Å². The Morgan fingerprint density at radius 2 is 2.12 bits per heavy atom. The van der Waals surface area contributed by atoms with Crippen molar-refractivity contribution in [2.75, 3.05) is 19.7 Å². The van der Waals surface area contributed by atoms with Crippen LogP contribution in [0.4, 0.5) is 8.78 Å². The van der Waals surface area contributed by atoms with Crippen molar-refractivity contribution in [3.05, 3.63) is 46.0 Å². The Morgan fingerprint density at radius 1 is 1.30 bits per heavy atom. The largest absolute Gasteiger partial charge is 0.464 e. The minimum atomic E-state index is -2.47. The van der Waals surface area contributed by atoms with Gasteiger partial charge in [0.1, 0.15) is 0 Å². The topological polar surface area (TPSA) is 54.5 Å². The van der Waals surface area contributed by atoms with Crippen molar-refractivity contribution >= 4 is 17.2 Å². The van der Waals surface area contributed by atoms with E-state index in [-0.39, 0.29) is 11.9 Å². The van der Waals surface area contributed by atoms with Crippen LogP contribution in [0.3, 0.4) is 0 Å². The van der Waals surface area contributed by atoms with E-state index in [1.807, 2.05) is 25.1 Å². The molecule has 4 rings (SSSR count). The van der Waals surface area contributed by atoms with Gasteiger partial charge >= 0.3 is 0 Å². The molecule has 1 saturated carbocycles. The molecular formula is C25H33F2N3O2S. The number of amides is 1. The van der Waals surface area contributed by atoms with Gasteiger partial charge in [0.25, 0.3) is 11.6 Å². The highest BCUT2D eigenvalue weighted by Gasteiger charge is 2.25. The molecule has 1 aliphatic heterocycles. The van der Waals surface area contributed by atoms with E-state index >= 15 is 0 Å². The number of thiazole rings is 1. The van der Waals surface area contributed by atoms with Gasteiger partial charge in [0.05, 0.1) is 12.1 Å². The van der Waals surface area contributed by atoms with Gasteiger partial charge < -0.3 is 10.1 Å². The number of carbonyl (C=O) groups excluding carboxylic acids is 1. The Hall–Kier alpha value is -2.06. The van der Waals surface area contributed by atoms with Crippen LogP contribution in [-0.2, 0) is 24.2 Å². The van der Waals surface area contributed by atoms with E-state index < -0.39 is 13.0 Å². The zero-order valence-corrected chi connectivity index (χ0v) is 20.0. The van der Waals surface area contributed by atoms with Gasteiger partial charge in [-0.1, -0.05) is 41.2 Å². The normalized spacial score (nSPS) is 21.1. The zero-order chi connectivity index (χ0) is 23.2. The lowest BCUT2D eigenvalue weighted by atomic mass is 9.84. The molecule has 5 nitrogen and oxygen atoms in total. The molecule has 2 aromatic rings. The van der Waals surface area contributed by atoms with Crippen LogP contribution in [0.5, 0.6) is 5.19 Å². The summed E-state index contributed by atoms with van der Waals surface area (Å²) < 4.78 is 29.8. The molecule has 33 heavy (non-hydrogen) atoms. The summed E-state index contributed by atoms with van der Waals surface area (Å²) in [5, 5.41) is 3.59. The molecular weight excluding hydrogens is 444 g/mol. The van der Waals surface area contributed by atoms with E-state index in [1.165, 1.54) is 16.9 Å². The highest BCUT2D eigenvalue weighted by atomic mass is 32.1. The van der Waals surface area contributed by atoms with E-state index in [0.29, 0.717) is 17.5 Å². The van der Waals surface area contributed by atoms with Crippen molar-refractivity contribution in [2.45, 2.75) is 70.9 Å². The van der Waals surface area contributed by atoms with Gasteiger partial charge in [0.15, 0.2) is 6.61 Å². The second-order valence-electron chi connectivity index (χ2n) is 9.32. The van der Waals surface area contributed by atoms with Crippen LogP contribution < -0.4 is 10.1 Å². The lowest BCUT2D eigenvalue weighted by Gasteiger charge is -2.32. The van der Waals surface area contributed by atoms with Crippen molar-refractivity contribution < 1.29 is 18.3 Å². The van der Waals surface area contributed by atoms with E-state index in [4.69, 9.17) is 4.74 Å². The molecule has 2 aliphatic rings. The van der Waals surface area contributed by atoms with Crippen LogP contribution in [0.15, 0.2) is 24.3 Å². The van der Waals surface area contributed by atoms with Crippen LogP contribution in [0, 0.1) is 12.8 Å². The minimum absolute atomic E-state index is 0.119. The number of nitrogens with zero attached hydrogens (tertiary/aromatic N) is 2. The number of fused-ring (bicyclic) bond motifs is 1. The number of hydrogen-bond donors (Lipinski definition) is 1. The number of carbonyl (C=O) groups is 1. The zero-order valence-electron chi connectivity index (χ0n) is 19.2. The fourth-order valence-electron chi connectivity index (χ4n) is 4.86. The number of nitrogens with one attached hydrogen (secondary N) is 1. The van der Waals surface area contributed by atoms with Crippen LogP contribution in [0.1, 0.15) is 53.8 Å². The number of benzene rings is 1. The predicted molar refractivity (Wildman–Crippen MR) is 126 cm³/mol. The van der Waals surface area contributed by atoms with E-state index in [2.05, 4.69) is 21.3 Å². The molecule has 180 valence electrons. The summed E-state index contributed by atoms with van der Waals surface area (Å²) >= 11 is 1.40. The quantitative estimate of drug-likeness (QED) is 0.566. The maximum absolute atomic E-state index is 12.4. The Kier molecular flexibility index (Phi) is 8.30. The van der Waals surface area contributed by atoms with Gasteiger partial charge in [-0.3, -0.25) is 9.69 Å². The summed E-state index contributed by atoms with van der Waals surface area (Å²) in [6.45, 7) is 4.23. The molecule has 1 aromatic heterocycles. The van der Waals surface area contributed by atoms with Crippen molar-refractivity contribution in [1.29, 1.82) is 0 Å². The third-order valence-electron chi connectivity index (χ3n) is 6.63. The first kappa shape index (κ1) is 24.1. The number of aromatic nitrogens is 1. The van der Waals surface area contributed by atoms with Gasteiger partial charge in [0.2, 0.25) is 5.91 Å². The molecule has 1 aliphatic carbocycles. The lowest BCUT2D eigenvalue weighted by Crippen LogP contribution is -2.39. The number of rotatable bonds is 9. The summed E-state index contributed by atoms with van der Waals surface area (Å²) in [6.07, 6.45) is 4.43. The van der Waals surface area contributed by atoms with Gasteiger partial charge in [-0.25, -0.2) is 13.8 Å². The molecule has 0 saturated heterocycles. The fourth-order valence-corrected chi connectivity index (χ4v) is 5.78. The third kappa shape index (κ3) is 7.21. The van der Waals surface area contributed by atoms with E-state index in [0.717, 1.165) is 74.3 Å². The molecule has 0 radical (unpaired) electrons.